The number of hydrogen-bond acceptors (Lipinski definition) is 2. The van der Waals surface area contributed by atoms with Crippen molar-refractivity contribution in [3.8, 4) is 0 Å². The summed E-state index contributed by atoms with van der Waals surface area (Å²) in [5.41, 5.74) is 0.854. The van der Waals surface area contributed by atoms with E-state index in [-0.39, 0.29) is 0 Å². The lowest BCUT2D eigenvalue weighted by Gasteiger charge is -1.83. The average molecular weight is 213 g/mol. The molecule has 0 bridgehead atoms. The van der Waals surface area contributed by atoms with Crippen LogP contribution in [0.1, 0.15) is 0 Å². The molecule has 0 aliphatic rings. The van der Waals surface area contributed by atoms with Crippen LogP contribution in [0, 0.1) is 0 Å². The Morgan fingerprint density at radius 2 is 1.13 bits per heavy atom. The molecular formula is C13H11NS. The highest BCUT2D eigenvalue weighted by molar-refractivity contribution is 7.78. The normalized spacial score (nSPS) is 8.00. The van der Waals surface area contributed by atoms with E-state index in [0.29, 0.717) is 0 Å². The summed E-state index contributed by atoms with van der Waals surface area (Å²) in [5, 5.41) is 2.29. The Hall–Kier alpha value is -1.76. The van der Waals surface area contributed by atoms with Gasteiger partial charge in [-0.3, -0.25) is 0 Å². The molecular weight excluding hydrogens is 202 g/mol. The molecule has 0 saturated heterocycles. The van der Waals surface area contributed by atoms with Crippen molar-refractivity contribution in [2.45, 2.75) is 0 Å². The molecule has 0 heterocycles. The summed E-state index contributed by atoms with van der Waals surface area (Å²) in [6.45, 7) is 0. The van der Waals surface area contributed by atoms with Crippen LogP contribution in [-0.2, 0) is 0 Å². The Kier molecular flexibility index (Phi) is 5.75. The molecule has 2 aromatic rings. The topological polar surface area (TPSA) is 12.4 Å². The van der Waals surface area contributed by atoms with Gasteiger partial charge in [-0.05, 0) is 24.4 Å². The second-order valence-electron chi connectivity index (χ2n) is 2.69. The van der Waals surface area contributed by atoms with Crippen LogP contribution in [0.3, 0.4) is 0 Å². The molecule has 0 saturated carbocycles. The minimum Gasteiger partial charge on any atom is -0.195 e. The van der Waals surface area contributed by atoms with Crippen molar-refractivity contribution in [1.82, 2.24) is 0 Å². The third kappa shape index (κ3) is 5.53. The average Bonchev–Trinajstić information content (AvgIpc) is 2.34. The van der Waals surface area contributed by atoms with Gasteiger partial charge in [-0.15, -0.1) is 0 Å². The van der Waals surface area contributed by atoms with Crippen LogP contribution in [0.25, 0.3) is 0 Å². The van der Waals surface area contributed by atoms with Crippen LogP contribution in [0.2, 0.25) is 0 Å². The van der Waals surface area contributed by atoms with Gasteiger partial charge in [0, 0.05) is 0 Å². The predicted molar refractivity (Wildman–Crippen MR) is 67.6 cm³/mol. The summed E-state index contributed by atoms with van der Waals surface area (Å²) in [4.78, 5) is 3.77. The Morgan fingerprint density at radius 3 is 1.53 bits per heavy atom. The van der Waals surface area contributed by atoms with Crippen molar-refractivity contribution in [1.29, 1.82) is 0 Å². The lowest BCUT2D eigenvalue weighted by molar-refractivity contribution is 1.55. The zero-order chi connectivity index (χ0) is 10.8. The Bertz CT molecular complexity index is 378. The maximum Gasteiger partial charge on any atom is 0.0739 e. The highest BCUT2D eigenvalue weighted by Gasteiger charge is 1.79. The Morgan fingerprint density at radius 1 is 0.733 bits per heavy atom. The zero-order valence-corrected chi connectivity index (χ0v) is 9.02. The molecule has 0 aromatic heterocycles. The van der Waals surface area contributed by atoms with Gasteiger partial charge in [-0.1, -0.05) is 54.6 Å². The number of isothiocyanates is 1. The van der Waals surface area contributed by atoms with Gasteiger partial charge < -0.3 is 0 Å². The van der Waals surface area contributed by atoms with Crippen molar-refractivity contribution in [3.05, 3.63) is 66.7 Å². The molecule has 2 rings (SSSR count). The maximum atomic E-state index is 4.42. The molecule has 0 N–H and O–H groups in total. The number of benzene rings is 2. The highest BCUT2D eigenvalue weighted by Crippen LogP contribution is 2.07. The van der Waals surface area contributed by atoms with Crippen molar-refractivity contribution >= 4 is 23.1 Å². The lowest BCUT2D eigenvalue weighted by Crippen LogP contribution is -1.58. The first-order chi connectivity index (χ1) is 7.43. The van der Waals surface area contributed by atoms with E-state index in [4.69, 9.17) is 0 Å². The third-order valence-corrected chi connectivity index (χ3v) is 1.69. The van der Waals surface area contributed by atoms with Crippen LogP contribution >= 0.6 is 12.2 Å². The van der Waals surface area contributed by atoms with Gasteiger partial charge >= 0.3 is 0 Å². The third-order valence-electron chi connectivity index (χ3n) is 1.60. The lowest BCUT2D eigenvalue weighted by atomic mass is 10.3. The number of nitrogens with zero attached hydrogens (tertiary/aromatic N) is 1. The molecule has 15 heavy (non-hydrogen) atoms. The first kappa shape index (κ1) is 11.3. The quantitative estimate of drug-likeness (QED) is 0.513. The molecule has 2 aromatic carbocycles. The number of thiocarbonyl (C=S) groups is 1. The van der Waals surface area contributed by atoms with Gasteiger partial charge in [-0.2, -0.15) is 4.99 Å². The zero-order valence-electron chi connectivity index (χ0n) is 8.21. The number of para-hydroxylation sites is 1. The maximum absolute atomic E-state index is 4.42. The van der Waals surface area contributed by atoms with Gasteiger partial charge in [0.25, 0.3) is 0 Å². The van der Waals surface area contributed by atoms with E-state index in [0.717, 1.165) is 5.69 Å². The molecule has 0 aliphatic carbocycles. The van der Waals surface area contributed by atoms with E-state index in [1.807, 2.05) is 66.7 Å². The first-order valence-corrected chi connectivity index (χ1v) is 4.97. The van der Waals surface area contributed by atoms with E-state index >= 15 is 0 Å². The molecule has 0 radical (unpaired) electrons. The predicted octanol–water partition coefficient (Wildman–Crippen LogP) is 4.11. The fraction of sp³-hybridized carbons (Fsp3) is 0. The molecule has 2 heteroatoms. The highest BCUT2D eigenvalue weighted by atomic mass is 32.1. The van der Waals surface area contributed by atoms with E-state index in [1.165, 1.54) is 0 Å². The Balaban J connectivity index is 0.000000162. The first-order valence-electron chi connectivity index (χ1n) is 4.56. The van der Waals surface area contributed by atoms with Crippen molar-refractivity contribution < 1.29 is 0 Å². The minimum absolute atomic E-state index is 0.854. The van der Waals surface area contributed by atoms with E-state index in [9.17, 15) is 0 Å². The molecule has 0 aliphatic heterocycles. The standard InChI is InChI=1S/C7H5NS.C6H6/c9-6-8-7-4-2-1-3-5-7;1-2-4-6-5-3-1/h1-5H;1-6H. The number of aliphatic imine (C=N–C) groups is 1. The van der Waals surface area contributed by atoms with E-state index < -0.39 is 0 Å². The minimum atomic E-state index is 0.854. The summed E-state index contributed by atoms with van der Waals surface area (Å²) < 4.78 is 0. The van der Waals surface area contributed by atoms with Crippen LogP contribution < -0.4 is 0 Å². The van der Waals surface area contributed by atoms with Crippen molar-refractivity contribution in [2.24, 2.45) is 4.99 Å². The summed E-state index contributed by atoms with van der Waals surface area (Å²) >= 11 is 4.42. The van der Waals surface area contributed by atoms with Gasteiger partial charge in [0.15, 0.2) is 0 Å². The number of hydrogen-bond donors (Lipinski definition) is 0. The van der Waals surface area contributed by atoms with Gasteiger partial charge in [0.1, 0.15) is 0 Å². The van der Waals surface area contributed by atoms with Crippen molar-refractivity contribution in [2.75, 3.05) is 0 Å². The largest absolute Gasteiger partial charge is 0.195 e. The smallest absolute Gasteiger partial charge is 0.0739 e. The summed E-state index contributed by atoms with van der Waals surface area (Å²) in [6, 6.07) is 21.5. The van der Waals surface area contributed by atoms with E-state index in [2.05, 4.69) is 22.4 Å². The molecule has 0 amide bonds. The van der Waals surface area contributed by atoms with Crippen LogP contribution in [-0.4, -0.2) is 5.16 Å². The summed E-state index contributed by atoms with van der Waals surface area (Å²) in [5.74, 6) is 0. The van der Waals surface area contributed by atoms with Crippen LogP contribution in [0.4, 0.5) is 5.69 Å². The SMILES string of the molecule is S=C=Nc1ccccc1.c1ccccc1. The van der Waals surface area contributed by atoms with Crippen LogP contribution in [0.15, 0.2) is 71.7 Å². The summed E-state index contributed by atoms with van der Waals surface area (Å²) in [6.07, 6.45) is 0. The fourth-order valence-corrected chi connectivity index (χ4v) is 1.05. The summed E-state index contributed by atoms with van der Waals surface area (Å²) in [7, 11) is 0. The number of rotatable bonds is 1. The van der Waals surface area contributed by atoms with Gasteiger partial charge in [0.05, 0.1) is 10.8 Å². The molecule has 0 atom stereocenters. The van der Waals surface area contributed by atoms with Gasteiger partial charge in [0.2, 0.25) is 0 Å². The fourth-order valence-electron chi connectivity index (χ4n) is 0.940. The van der Waals surface area contributed by atoms with E-state index in [1.54, 1.807) is 0 Å². The molecule has 0 fully saturated rings. The van der Waals surface area contributed by atoms with Crippen LogP contribution in [0.5, 0.6) is 0 Å². The van der Waals surface area contributed by atoms with Crippen molar-refractivity contribution in [3.63, 3.8) is 0 Å². The molecule has 74 valence electrons. The second-order valence-corrected chi connectivity index (χ2v) is 2.88. The van der Waals surface area contributed by atoms with Gasteiger partial charge in [-0.25, -0.2) is 0 Å². The monoisotopic (exact) mass is 213 g/mol. The molecule has 1 nitrogen and oxygen atoms in total. The molecule has 0 unspecified atom stereocenters. The Labute approximate surface area is 95.1 Å². The molecule has 0 spiro atoms. The second kappa shape index (κ2) is 7.63.